The van der Waals surface area contributed by atoms with E-state index < -0.39 is 0 Å². The van der Waals surface area contributed by atoms with E-state index in [4.69, 9.17) is 4.74 Å². The first-order valence-corrected chi connectivity index (χ1v) is 9.77. The van der Waals surface area contributed by atoms with Crippen LogP contribution in [0.5, 0.6) is 0 Å². The Bertz CT molecular complexity index is 510. The smallest absolute Gasteiger partial charge is 0.0925 e. The summed E-state index contributed by atoms with van der Waals surface area (Å²) in [6, 6.07) is 8.52. The number of benzene rings is 1. The van der Waals surface area contributed by atoms with Crippen LogP contribution in [-0.2, 0) is 4.74 Å². The fourth-order valence-corrected chi connectivity index (χ4v) is 5.21. The Kier molecular flexibility index (Phi) is 4.31. The third kappa shape index (κ3) is 2.53. The van der Waals surface area contributed by atoms with E-state index in [0.29, 0.717) is 16.9 Å². The molecule has 1 aromatic rings. The summed E-state index contributed by atoms with van der Waals surface area (Å²) in [6.45, 7) is 7.32. The zero-order valence-electron chi connectivity index (χ0n) is 13.0. The SMILES string of the molecule is CC1(C)C2CCC1(C)C(OC(CBr)c1ccc(Br)cc1)C2. The summed E-state index contributed by atoms with van der Waals surface area (Å²) in [7, 11) is 0. The molecule has 0 radical (unpaired) electrons. The number of hydrogen-bond donors (Lipinski definition) is 0. The van der Waals surface area contributed by atoms with Gasteiger partial charge in [-0.05, 0) is 53.7 Å². The molecule has 0 spiro atoms. The summed E-state index contributed by atoms with van der Waals surface area (Å²) in [5.74, 6) is 0.827. The zero-order valence-corrected chi connectivity index (χ0v) is 16.2. The molecule has 0 aliphatic heterocycles. The molecule has 2 fully saturated rings. The third-order valence-electron chi connectivity index (χ3n) is 6.42. The average molecular weight is 416 g/mol. The van der Waals surface area contributed by atoms with Gasteiger partial charge in [0.25, 0.3) is 0 Å². The van der Waals surface area contributed by atoms with Crippen LogP contribution in [0.4, 0.5) is 0 Å². The van der Waals surface area contributed by atoms with Gasteiger partial charge in [0, 0.05) is 9.80 Å². The van der Waals surface area contributed by atoms with Crippen LogP contribution in [0, 0.1) is 16.7 Å². The van der Waals surface area contributed by atoms with Gasteiger partial charge in [-0.2, -0.15) is 0 Å². The lowest BCUT2D eigenvalue weighted by Crippen LogP contribution is -2.38. The number of hydrogen-bond acceptors (Lipinski definition) is 1. The second-order valence-corrected chi connectivity index (χ2v) is 8.99. The van der Waals surface area contributed by atoms with Gasteiger partial charge < -0.3 is 4.74 Å². The first-order chi connectivity index (χ1) is 9.88. The van der Waals surface area contributed by atoms with Gasteiger partial charge in [-0.3, -0.25) is 0 Å². The fourth-order valence-electron chi connectivity index (χ4n) is 4.42. The van der Waals surface area contributed by atoms with Gasteiger partial charge in [-0.1, -0.05) is 64.8 Å². The van der Waals surface area contributed by atoms with Crippen LogP contribution in [-0.4, -0.2) is 11.4 Å². The van der Waals surface area contributed by atoms with Crippen molar-refractivity contribution in [3.05, 3.63) is 34.3 Å². The highest BCUT2D eigenvalue weighted by Gasteiger charge is 2.62. The Labute approximate surface area is 145 Å². The minimum absolute atomic E-state index is 0.148. The molecule has 3 heteroatoms. The summed E-state index contributed by atoms with van der Waals surface area (Å²) in [4.78, 5) is 0. The average Bonchev–Trinajstić information content (AvgIpc) is 2.79. The second-order valence-electron chi connectivity index (χ2n) is 7.43. The van der Waals surface area contributed by atoms with E-state index in [-0.39, 0.29) is 6.10 Å². The van der Waals surface area contributed by atoms with Crippen LogP contribution >= 0.6 is 31.9 Å². The molecule has 0 amide bonds. The standard InChI is InChI=1S/C18H24Br2O/c1-17(2)13-8-9-18(17,3)16(10-13)21-15(11-19)12-4-6-14(20)7-5-12/h4-7,13,15-16H,8-11H2,1-3H3. The molecule has 0 N–H and O–H groups in total. The molecule has 2 aliphatic carbocycles. The lowest BCUT2D eigenvalue weighted by molar-refractivity contribution is -0.0798. The topological polar surface area (TPSA) is 9.23 Å². The minimum Gasteiger partial charge on any atom is -0.369 e. The summed E-state index contributed by atoms with van der Waals surface area (Å²) in [5.41, 5.74) is 2.00. The van der Waals surface area contributed by atoms with Gasteiger partial charge in [0.05, 0.1) is 12.2 Å². The van der Waals surface area contributed by atoms with E-state index in [0.717, 1.165) is 15.7 Å². The van der Waals surface area contributed by atoms with Gasteiger partial charge in [0.2, 0.25) is 0 Å². The van der Waals surface area contributed by atoms with Crippen molar-refractivity contribution in [2.45, 2.75) is 52.2 Å². The van der Waals surface area contributed by atoms with Crippen LogP contribution in [0.1, 0.15) is 51.7 Å². The predicted octanol–water partition coefficient (Wildman–Crippen LogP) is 6.12. The third-order valence-corrected chi connectivity index (χ3v) is 7.54. The quantitative estimate of drug-likeness (QED) is 0.538. The van der Waals surface area contributed by atoms with Crippen molar-refractivity contribution in [2.75, 3.05) is 5.33 Å². The van der Waals surface area contributed by atoms with E-state index in [1.54, 1.807) is 0 Å². The van der Waals surface area contributed by atoms with E-state index in [1.165, 1.54) is 24.8 Å². The molecule has 4 unspecified atom stereocenters. The van der Waals surface area contributed by atoms with E-state index in [1.807, 2.05) is 0 Å². The maximum absolute atomic E-state index is 6.60. The summed E-state index contributed by atoms with van der Waals surface area (Å²) in [6.07, 6.45) is 4.45. The van der Waals surface area contributed by atoms with Crippen LogP contribution in [0.25, 0.3) is 0 Å². The Morgan fingerprint density at radius 3 is 2.38 bits per heavy atom. The van der Waals surface area contributed by atoms with Crippen LogP contribution in [0.3, 0.4) is 0 Å². The zero-order chi connectivity index (χ0) is 15.3. The first-order valence-electron chi connectivity index (χ1n) is 7.85. The number of halogens is 2. The van der Waals surface area contributed by atoms with Gasteiger partial charge in [-0.25, -0.2) is 0 Å². The van der Waals surface area contributed by atoms with Crippen LogP contribution < -0.4 is 0 Å². The van der Waals surface area contributed by atoms with Gasteiger partial charge in [-0.15, -0.1) is 0 Å². The molecule has 0 aromatic heterocycles. The second kappa shape index (κ2) is 5.65. The highest BCUT2D eigenvalue weighted by atomic mass is 79.9. The van der Waals surface area contributed by atoms with Crippen molar-refractivity contribution in [1.82, 2.24) is 0 Å². The molecule has 3 rings (SSSR count). The summed E-state index contributed by atoms with van der Waals surface area (Å²) >= 11 is 7.14. The molecule has 2 aliphatic rings. The number of ether oxygens (including phenoxy) is 1. The van der Waals surface area contributed by atoms with Crippen molar-refractivity contribution in [3.63, 3.8) is 0 Å². The normalized spacial score (nSPS) is 35.1. The molecular weight excluding hydrogens is 392 g/mol. The molecule has 0 saturated heterocycles. The van der Waals surface area contributed by atoms with E-state index >= 15 is 0 Å². The summed E-state index contributed by atoms with van der Waals surface area (Å²) < 4.78 is 7.72. The number of rotatable bonds is 4. The molecule has 2 saturated carbocycles. The van der Waals surface area contributed by atoms with Crippen LogP contribution in [0.15, 0.2) is 28.7 Å². The van der Waals surface area contributed by atoms with Crippen molar-refractivity contribution < 1.29 is 4.74 Å². The molecule has 116 valence electrons. The minimum atomic E-state index is 0.148. The molecule has 2 bridgehead atoms. The Morgan fingerprint density at radius 2 is 1.90 bits per heavy atom. The van der Waals surface area contributed by atoms with Crippen molar-refractivity contribution in [1.29, 1.82) is 0 Å². The summed E-state index contributed by atoms with van der Waals surface area (Å²) in [5, 5.41) is 0.853. The highest BCUT2D eigenvalue weighted by Crippen LogP contribution is 2.66. The van der Waals surface area contributed by atoms with Crippen molar-refractivity contribution in [3.8, 4) is 0 Å². The fraction of sp³-hybridized carbons (Fsp3) is 0.667. The van der Waals surface area contributed by atoms with E-state index in [9.17, 15) is 0 Å². The molecule has 21 heavy (non-hydrogen) atoms. The Balaban J connectivity index is 1.78. The lowest BCUT2D eigenvalue weighted by atomic mass is 9.70. The number of fused-ring (bicyclic) bond motifs is 2. The van der Waals surface area contributed by atoms with E-state index in [2.05, 4.69) is 76.9 Å². The Morgan fingerprint density at radius 1 is 1.24 bits per heavy atom. The monoisotopic (exact) mass is 414 g/mol. The van der Waals surface area contributed by atoms with Crippen molar-refractivity contribution >= 4 is 31.9 Å². The molecular formula is C18H24Br2O. The van der Waals surface area contributed by atoms with Crippen LogP contribution in [0.2, 0.25) is 0 Å². The van der Waals surface area contributed by atoms with Gasteiger partial charge >= 0.3 is 0 Å². The number of alkyl halides is 1. The highest BCUT2D eigenvalue weighted by molar-refractivity contribution is 9.10. The molecule has 4 atom stereocenters. The van der Waals surface area contributed by atoms with Gasteiger partial charge in [0.1, 0.15) is 0 Å². The van der Waals surface area contributed by atoms with Gasteiger partial charge in [0.15, 0.2) is 0 Å². The maximum atomic E-state index is 6.60. The first kappa shape index (κ1) is 16.0. The largest absolute Gasteiger partial charge is 0.369 e. The maximum Gasteiger partial charge on any atom is 0.0925 e. The lowest BCUT2D eigenvalue weighted by Gasteiger charge is -2.40. The molecule has 0 heterocycles. The van der Waals surface area contributed by atoms with Crippen molar-refractivity contribution in [2.24, 2.45) is 16.7 Å². The Hall–Kier alpha value is 0.140. The molecule has 1 aromatic carbocycles. The predicted molar refractivity (Wildman–Crippen MR) is 94.8 cm³/mol. The molecule has 1 nitrogen and oxygen atoms in total.